The summed E-state index contributed by atoms with van der Waals surface area (Å²) >= 11 is 0. The fourth-order valence-corrected chi connectivity index (χ4v) is 3.01. The predicted molar refractivity (Wildman–Crippen MR) is 98.9 cm³/mol. The van der Waals surface area contributed by atoms with Gasteiger partial charge in [0.1, 0.15) is 5.82 Å². The molecule has 1 aliphatic rings. The Morgan fingerprint density at radius 3 is 2.33 bits per heavy atom. The van der Waals surface area contributed by atoms with Crippen molar-refractivity contribution in [2.24, 2.45) is 0 Å². The monoisotopic (exact) mass is 371 g/mol. The molecule has 0 bridgehead atoms. The lowest BCUT2D eigenvalue weighted by Crippen LogP contribution is -2.49. The number of aromatic nitrogens is 1. The molecule has 27 heavy (non-hydrogen) atoms. The lowest BCUT2D eigenvalue weighted by atomic mass is 10.1. The van der Waals surface area contributed by atoms with E-state index in [0.29, 0.717) is 49.1 Å². The van der Waals surface area contributed by atoms with Gasteiger partial charge in [-0.3, -0.25) is 4.79 Å². The number of carbonyl (C=O) groups excluding carboxylic acids is 1. The molecule has 0 unspecified atom stereocenters. The highest BCUT2D eigenvalue weighted by atomic mass is 16.5. The van der Waals surface area contributed by atoms with Crippen molar-refractivity contribution in [2.45, 2.75) is 0 Å². The average molecular weight is 371 g/mol. The van der Waals surface area contributed by atoms with E-state index in [-0.39, 0.29) is 11.6 Å². The highest BCUT2D eigenvalue weighted by molar-refractivity contribution is 5.95. The zero-order valence-corrected chi connectivity index (χ0v) is 15.2. The number of carboxylic acid groups (broad SMARTS) is 1. The number of hydrogen-bond donors (Lipinski definition) is 1. The molecule has 1 saturated heterocycles. The van der Waals surface area contributed by atoms with Crippen LogP contribution in [0.15, 0.2) is 36.4 Å². The van der Waals surface area contributed by atoms with Crippen LogP contribution in [-0.4, -0.2) is 67.3 Å². The summed E-state index contributed by atoms with van der Waals surface area (Å²) < 4.78 is 10.5. The summed E-state index contributed by atoms with van der Waals surface area (Å²) in [6, 6.07) is 10.0. The molecule has 1 N–H and O–H groups in total. The lowest BCUT2D eigenvalue weighted by molar-refractivity contribution is 0.0690. The number of hydrogen-bond acceptors (Lipinski definition) is 6. The number of carboxylic acids is 1. The van der Waals surface area contributed by atoms with Gasteiger partial charge in [-0.05, 0) is 30.3 Å². The van der Waals surface area contributed by atoms with Crippen LogP contribution in [0.2, 0.25) is 0 Å². The molecule has 1 aromatic heterocycles. The molecule has 8 heteroatoms. The summed E-state index contributed by atoms with van der Waals surface area (Å²) in [5.74, 6) is 0.551. The van der Waals surface area contributed by atoms with Gasteiger partial charge in [-0.15, -0.1) is 0 Å². The molecule has 0 aliphatic carbocycles. The third-order valence-electron chi connectivity index (χ3n) is 4.47. The summed E-state index contributed by atoms with van der Waals surface area (Å²) in [7, 11) is 3.08. The van der Waals surface area contributed by atoms with Crippen molar-refractivity contribution < 1.29 is 24.2 Å². The topological polar surface area (TPSA) is 92.2 Å². The number of anilines is 1. The molecular weight excluding hydrogens is 350 g/mol. The SMILES string of the molecule is COc1ccc(C(=O)N2CCN(c3cccc(C(=O)O)n3)CC2)cc1OC. The van der Waals surface area contributed by atoms with Crippen LogP contribution in [0.3, 0.4) is 0 Å². The number of piperazine rings is 1. The summed E-state index contributed by atoms with van der Waals surface area (Å²) in [6.45, 7) is 2.20. The van der Waals surface area contributed by atoms with E-state index in [4.69, 9.17) is 14.6 Å². The number of amides is 1. The number of pyridine rings is 1. The number of nitrogens with zero attached hydrogens (tertiary/aromatic N) is 3. The molecule has 8 nitrogen and oxygen atoms in total. The minimum absolute atomic E-state index is 0.0105. The number of carbonyl (C=O) groups is 2. The largest absolute Gasteiger partial charge is 0.493 e. The van der Waals surface area contributed by atoms with E-state index < -0.39 is 5.97 Å². The van der Waals surface area contributed by atoms with Gasteiger partial charge in [-0.2, -0.15) is 0 Å². The second-order valence-corrected chi connectivity index (χ2v) is 6.04. The van der Waals surface area contributed by atoms with E-state index in [2.05, 4.69) is 4.98 Å². The van der Waals surface area contributed by atoms with Crippen molar-refractivity contribution in [3.8, 4) is 11.5 Å². The average Bonchev–Trinajstić information content (AvgIpc) is 2.72. The smallest absolute Gasteiger partial charge is 0.354 e. The van der Waals surface area contributed by atoms with Gasteiger partial charge in [-0.1, -0.05) is 6.07 Å². The fourth-order valence-electron chi connectivity index (χ4n) is 3.01. The molecule has 1 fully saturated rings. The molecule has 1 aliphatic heterocycles. The van der Waals surface area contributed by atoms with Crippen molar-refractivity contribution in [3.63, 3.8) is 0 Å². The highest BCUT2D eigenvalue weighted by Gasteiger charge is 2.24. The third kappa shape index (κ3) is 3.94. The Morgan fingerprint density at radius 2 is 1.70 bits per heavy atom. The molecule has 1 amide bonds. The first-order valence-corrected chi connectivity index (χ1v) is 8.50. The van der Waals surface area contributed by atoms with Gasteiger partial charge in [0, 0.05) is 31.7 Å². The fraction of sp³-hybridized carbons (Fsp3) is 0.316. The standard InChI is InChI=1S/C19H21N3O5/c1-26-15-7-6-13(12-16(15)27-2)18(23)22-10-8-21(9-11-22)17-5-3-4-14(20-17)19(24)25/h3-7,12H,8-11H2,1-2H3,(H,24,25). The highest BCUT2D eigenvalue weighted by Crippen LogP contribution is 2.28. The lowest BCUT2D eigenvalue weighted by Gasteiger charge is -2.35. The molecule has 2 heterocycles. The normalized spacial score (nSPS) is 14.0. The van der Waals surface area contributed by atoms with Crippen LogP contribution in [0.5, 0.6) is 11.5 Å². The second-order valence-electron chi connectivity index (χ2n) is 6.04. The van der Waals surface area contributed by atoms with E-state index in [1.807, 2.05) is 4.90 Å². The minimum atomic E-state index is -1.06. The maximum Gasteiger partial charge on any atom is 0.354 e. The number of rotatable bonds is 5. The molecular formula is C19H21N3O5. The Kier molecular flexibility index (Phi) is 5.44. The van der Waals surface area contributed by atoms with E-state index in [1.165, 1.54) is 13.2 Å². The molecule has 2 aromatic rings. The quantitative estimate of drug-likeness (QED) is 0.856. The Labute approximate surface area is 156 Å². The number of ether oxygens (including phenoxy) is 2. The number of benzene rings is 1. The van der Waals surface area contributed by atoms with Gasteiger partial charge in [0.25, 0.3) is 5.91 Å². The van der Waals surface area contributed by atoms with Crippen LogP contribution < -0.4 is 14.4 Å². The van der Waals surface area contributed by atoms with E-state index in [0.717, 1.165) is 0 Å². The van der Waals surface area contributed by atoms with Gasteiger partial charge in [0.05, 0.1) is 14.2 Å². The first kappa shape index (κ1) is 18.5. The van der Waals surface area contributed by atoms with Gasteiger partial charge >= 0.3 is 5.97 Å². The zero-order valence-electron chi connectivity index (χ0n) is 15.2. The van der Waals surface area contributed by atoms with Crippen LogP contribution in [-0.2, 0) is 0 Å². The Balaban J connectivity index is 1.68. The van der Waals surface area contributed by atoms with Crippen molar-refractivity contribution in [3.05, 3.63) is 47.7 Å². The summed E-state index contributed by atoms with van der Waals surface area (Å²) in [4.78, 5) is 31.7. The van der Waals surface area contributed by atoms with E-state index in [9.17, 15) is 9.59 Å². The van der Waals surface area contributed by atoms with Gasteiger partial charge in [-0.25, -0.2) is 9.78 Å². The maximum atomic E-state index is 12.8. The van der Waals surface area contributed by atoms with Crippen LogP contribution in [0.25, 0.3) is 0 Å². The van der Waals surface area contributed by atoms with Crippen molar-refractivity contribution in [1.82, 2.24) is 9.88 Å². The summed E-state index contributed by atoms with van der Waals surface area (Å²) in [5, 5.41) is 9.08. The Morgan fingerprint density at radius 1 is 1.00 bits per heavy atom. The molecule has 0 spiro atoms. The first-order chi connectivity index (χ1) is 13.0. The van der Waals surface area contributed by atoms with Crippen molar-refractivity contribution >= 4 is 17.7 Å². The minimum Gasteiger partial charge on any atom is -0.493 e. The number of methoxy groups -OCH3 is 2. The van der Waals surface area contributed by atoms with Crippen LogP contribution in [0.4, 0.5) is 5.82 Å². The molecule has 0 atom stereocenters. The molecule has 142 valence electrons. The van der Waals surface area contributed by atoms with Crippen LogP contribution >= 0.6 is 0 Å². The first-order valence-electron chi connectivity index (χ1n) is 8.50. The van der Waals surface area contributed by atoms with Gasteiger partial charge in [0.15, 0.2) is 17.2 Å². The Bertz CT molecular complexity index is 847. The van der Waals surface area contributed by atoms with E-state index >= 15 is 0 Å². The maximum absolute atomic E-state index is 12.8. The Hall–Kier alpha value is -3.29. The van der Waals surface area contributed by atoms with Crippen molar-refractivity contribution in [1.29, 1.82) is 0 Å². The zero-order chi connectivity index (χ0) is 19.4. The molecule has 1 aromatic carbocycles. The van der Waals surface area contributed by atoms with Gasteiger partial charge < -0.3 is 24.4 Å². The summed E-state index contributed by atoms with van der Waals surface area (Å²) in [6.07, 6.45) is 0. The van der Waals surface area contributed by atoms with Crippen LogP contribution in [0.1, 0.15) is 20.8 Å². The van der Waals surface area contributed by atoms with E-state index in [1.54, 1.807) is 42.3 Å². The molecule has 3 rings (SSSR count). The molecule has 0 saturated carbocycles. The number of aromatic carboxylic acids is 1. The third-order valence-corrected chi connectivity index (χ3v) is 4.47. The van der Waals surface area contributed by atoms with Gasteiger partial charge in [0.2, 0.25) is 0 Å². The predicted octanol–water partition coefficient (Wildman–Crippen LogP) is 1.76. The second kappa shape index (κ2) is 7.94. The summed E-state index contributed by atoms with van der Waals surface area (Å²) in [5.41, 5.74) is 0.545. The molecule has 0 radical (unpaired) electrons. The van der Waals surface area contributed by atoms with Crippen molar-refractivity contribution in [2.75, 3.05) is 45.3 Å². The van der Waals surface area contributed by atoms with Crippen LogP contribution in [0, 0.1) is 0 Å².